The van der Waals surface area contributed by atoms with Crippen molar-refractivity contribution in [1.82, 2.24) is 4.90 Å². The summed E-state index contributed by atoms with van der Waals surface area (Å²) in [4.78, 5) is 29.9. The molecule has 0 aromatic heterocycles. The van der Waals surface area contributed by atoms with Crippen LogP contribution in [0.3, 0.4) is 0 Å². The maximum absolute atomic E-state index is 12.5. The summed E-state index contributed by atoms with van der Waals surface area (Å²) >= 11 is 1.19. The highest BCUT2D eigenvalue weighted by atomic mass is 32.2. The van der Waals surface area contributed by atoms with Gasteiger partial charge in [-0.1, -0.05) is 12.1 Å². The minimum absolute atomic E-state index is 0.0343. The summed E-state index contributed by atoms with van der Waals surface area (Å²) in [7, 11) is 1.61. The third-order valence-corrected chi connectivity index (χ3v) is 4.96. The number of carboxylic acid groups (broad SMARTS) is 1. The summed E-state index contributed by atoms with van der Waals surface area (Å²) in [5, 5.41) is 19.3. The summed E-state index contributed by atoms with van der Waals surface area (Å²) in [5.74, 6) is -0.875. The molecular weight excluding hydrogens is 380 g/mol. The number of thioether (sulfide) groups is 1. The van der Waals surface area contributed by atoms with Gasteiger partial charge in [0.1, 0.15) is 0 Å². The fourth-order valence-electron chi connectivity index (χ4n) is 2.51. The number of ether oxygens (including phenoxy) is 1. The number of rotatable bonds is 5. The van der Waals surface area contributed by atoms with Crippen molar-refractivity contribution in [2.24, 2.45) is 4.99 Å². The molecule has 2 N–H and O–H groups in total. The van der Waals surface area contributed by atoms with Gasteiger partial charge in [0.05, 0.1) is 22.8 Å². The lowest BCUT2D eigenvalue weighted by atomic mass is 10.2. The smallest absolute Gasteiger partial charge is 0.335 e. The molecule has 0 atom stereocenters. The van der Waals surface area contributed by atoms with Gasteiger partial charge in [-0.3, -0.25) is 9.69 Å². The van der Waals surface area contributed by atoms with Gasteiger partial charge in [-0.05, 0) is 60.7 Å². The molecule has 0 aliphatic carbocycles. The van der Waals surface area contributed by atoms with E-state index in [0.717, 1.165) is 0 Å². The van der Waals surface area contributed by atoms with Gasteiger partial charge in [-0.2, -0.15) is 0 Å². The molecule has 1 heterocycles. The van der Waals surface area contributed by atoms with Gasteiger partial charge in [0, 0.05) is 7.05 Å². The molecule has 1 fully saturated rings. The van der Waals surface area contributed by atoms with E-state index in [9.17, 15) is 14.7 Å². The molecule has 0 unspecified atom stereocenters. The first-order chi connectivity index (χ1) is 13.4. The predicted octanol–water partition coefficient (Wildman–Crippen LogP) is 3.72. The van der Waals surface area contributed by atoms with Gasteiger partial charge < -0.3 is 14.9 Å². The van der Waals surface area contributed by atoms with Gasteiger partial charge in [-0.25, -0.2) is 9.79 Å². The number of likely N-dealkylation sites (N-methyl/N-ethyl adjacent to an activating group) is 1. The van der Waals surface area contributed by atoms with Crippen molar-refractivity contribution in [2.45, 2.75) is 6.92 Å². The molecule has 0 spiro atoms. The first kappa shape index (κ1) is 19.5. The topological polar surface area (TPSA) is 99.4 Å². The zero-order chi connectivity index (χ0) is 20.3. The monoisotopic (exact) mass is 398 g/mol. The fraction of sp³-hybridized carbons (Fsp3) is 0.150. The van der Waals surface area contributed by atoms with Crippen LogP contribution in [0.5, 0.6) is 11.5 Å². The van der Waals surface area contributed by atoms with Gasteiger partial charge in [0.2, 0.25) is 0 Å². The van der Waals surface area contributed by atoms with Crippen molar-refractivity contribution in [1.29, 1.82) is 0 Å². The van der Waals surface area contributed by atoms with E-state index in [0.29, 0.717) is 33.7 Å². The van der Waals surface area contributed by atoms with E-state index >= 15 is 0 Å². The zero-order valence-corrected chi connectivity index (χ0v) is 16.1. The highest BCUT2D eigenvalue weighted by molar-refractivity contribution is 8.18. The third-order valence-electron chi connectivity index (χ3n) is 3.90. The molecule has 0 saturated carbocycles. The number of hydrogen-bond acceptors (Lipinski definition) is 6. The highest BCUT2D eigenvalue weighted by Crippen LogP contribution is 2.35. The summed E-state index contributed by atoms with van der Waals surface area (Å²) in [6, 6.07) is 11.1. The normalized spacial score (nSPS) is 16.8. The number of carbonyl (C=O) groups is 2. The molecule has 144 valence electrons. The summed E-state index contributed by atoms with van der Waals surface area (Å²) in [6.07, 6.45) is 1.70. The maximum atomic E-state index is 12.5. The first-order valence-corrected chi connectivity index (χ1v) is 9.26. The lowest BCUT2D eigenvalue weighted by Crippen LogP contribution is -2.23. The Morgan fingerprint density at radius 2 is 2.07 bits per heavy atom. The number of phenolic OH excluding ortho intramolecular Hbond substituents is 1. The Morgan fingerprint density at radius 1 is 1.29 bits per heavy atom. The molecule has 7 nitrogen and oxygen atoms in total. The largest absolute Gasteiger partial charge is 0.504 e. The lowest BCUT2D eigenvalue weighted by Gasteiger charge is -2.07. The molecular formula is C20H18N2O5S. The summed E-state index contributed by atoms with van der Waals surface area (Å²) < 4.78 is 5.37. The summed E-state index contributed by atoms with van der Waals surface area (Å²) in [5.41, 5.74) is 1.29. The van der Waals surface area contributed by atoms with Crippen LogP contribution in [0.1, 0.15) is 22.8 Å². The number of aromatic carboxylic acids is 1. The van der Waals surface area contributed by atoms with Crippen LogP contribution in [-0.4, -0.2) is 45.8 Å². The van der Waals surface area contributed by atoms with E-state index in [-0.39, 0.29) is 17.2 Å². The average Bonchev–Trinajstić information content (AvgIpc) is 2.93. The van der Waals surface area contributed by atoms with Gasteiger partial charge >= 0.3 is 5.97 Å². The second-order valence-corrected chi connectivity index (χ2v) is 6.89. The van der Waals surface area contributed by atoms with Crippen molar-refractivity contribution in [2.75, 3.05) is 13.7 Å². The van der Waals surface area contributed by atoms with Crippen LogP contribution in [0.15, 0.2) is 52.4 Å². The number of aromatic hydroxyl groups is 1. The molecule has 1 amide bonds. The molecule has 2 aromatic carbocycles. The minimum atomic E-state index is -1.04. The Balaban J connectivity index is 1.89. The van der Waals surface area contributed by atoms with Crippen LogP contribution in [0.25, 0.3) is 6.08 Å². The maximum Gasteiger partial charge on any atom is 0.335 e. The highest BCUT2D eigenvalue weighted by Gasteiger charge is 2.30. The van der Waals surface area contributed by atoms with Crippen LogP contribution >= 0.6 is 11.8 Å². The number of amides is 1. The van der Waals surface area contributed by atoms with E-state index in [4.69, 9.17) is 9.84 Å². The number of carbonyl (C=O) groups excluding carboxylic acids is 1. The van der Waals surface area contributed by atoms with Crippen LogP contribution in [-0.2, 0) is 4.79 Å². The molecule has 8 heteroatoms. The number of carboxylic acids is 1. The molecule has 0 radical (unpaired) electrons. The third kappa shape index (κ3) is 4.17. The Labute approximate surface area is 166 Å². The zero-order valence-electron chi connectivity index (χ0n) is 15.2. The number of hydrogen-bond donors (Lipinski definition) is 2. The first-order valence-electron chi connectivity index (χ1n) is 8.44. The van der Waals surface area contributed by atoms with Gasteiger partial charge in [-0.15, -0.1) is 0 Å². The van der Waals surface area contributed by atoms with Crippen molar-refractivity contribution in [3.63, 3.8) is 0 Å². The molecule has 1 aliphatic heterocycles. The predicted molar refractivity (Wildman–Crippen MR) is 108 cm³/mol. The van der Waals surface area contributed by atoms with E-state index in [1.165, 1.54) is 34.9 Å². The second kappa shape index (κ2) is 8.18. The van der Waals surface area contributed by atoms with Crippen LogP contribution < -0.4 is 4.74 Å². The number of phenols is 1. The Morgan fingerprint density at radius 3 is 2.79 bits per heavy atom. The Kier molecular flexibility index (Phi) is 5.70. The molecule has 2 aromatic rings. The number of nitrogens with zero attached hydrogens (tertiary/aromatic N) is 2. The SMILES string of the molecule is CCOc1cc(/C=C2\SC(=Nc3cccc(C(=O)O)c3)N(C)C2=O)ccc1O. The Hall–Kier alpha value is -3.26. The standard InChI is InChI=1S/C20H18N2O5S/c1-3-27-16-9-12(7-8-15(16)23)10-17-18(24)22(2)20(28-17)21-14-6-4-5-13(11-14)19(25)26/h4-11,23H,3H2,1-2H3,(H,25,26)/b17-10-,21-20?. The number of aliphatic imine (C=N–C) groups is 1. The van der Waals surface area contributed by atoms with Crippen molar-refractivity contribution >= 4 is 40.6 Å². The van der Waals surface area contributed by atoms with E-state index in [1.54, 1.807) is 37.4 Å². The number of amidine groups is 1. The van der Waals surface area contributed by atoms with E-state index in [2.05, 4.69) is 4.99 Å². The molecule has 1 saturated heterocycles. The fourth-order valence-corrected chi connectivity index (χ4v) is 3.50. The quantitative estimate of drug-likeness (QED) is 0.745. The second-order valence-electron chi connectivity index (χ2n) is 5.88. The van der Waals surface area contributed by atoms with Gasteiger partial charge in [0.15, 0.2) is 16.7 Å². The molecule has 3 rings (SSSR count). The van der Waals surface area contributed by atoms with Crippen molar-refractivity contribution in [3.8, 4) is 11.5 Å². The molecule has 0 bridgehead atoms. The minimum Gasteiger partial charge on any atom is -0.504 e. The van der Waals surface area contributed by atoms with Crippen LogP contribution in [0, 0.1) is 0 Å². The van der Waals surface area contributed by atoms with Gasteiger partial charge in [0.25, 0.3) is 5.91 Å². The van der Waals surface area contributed by atoms with E-state index in [1.807, 2.05) is 6.92 Å². The molecule has 28 heavy (non-hydrogen) atoms. The van der Waals surface area contributed by atoms with Crippen molar-refractivity contribution < 1.29 is 24.5 Å². The lowest BCUT2D eigenvalue weighted by molar-refractivity contribution is -0.121. The average molecular weight is 398 g/mol. The van der Waals surface area contributed by atoms with Crippen LogP contribution in [0.4, 0.5) is 5.69 Å². The summed E-state index contributed by atoms with van der Waals surface area (Å²) in [6.45, 7) is 2.23. The van der Waals surface area contributed by atoms with Crippen LogP contribution in [0.2, 0.25) is 0 Å². The van der Waals surface area contributed by atoms with Crippen molar-refractivity contribution in [3.05, 3.63) is 58.5 Å². The Bertz CT molecular complexity index is 1000. The molecule has 1 aliphatic rings. The van der Waals surface area contributed by atoms with E-state index < -0.39 is 5.97 Å². The number of benzene rings is 2.